The van der Waals surface area contributed by atoms with Gasteiger partial charge in [0.15, 0.2) is 0 Å². The van der Waals surface area contributed by atoms with E-state index >= 15 is 0 Å². The summed E-state index contributed by atoms with van der Waals surface area (Å²) in [6, 6.07) is 7.31. The van der Waals surface area contributed by atoms with Crippen LogP contribution in [-0.4, -0.2) is 22.5 Å². The van der Waals surface area contributed by atoms with E-state index in [1.165, 1.54) is 12.8 Å². The van der Waals surface area contributed by atoms with Gasteiger partial charge in [0.05, 0.1) is 0 Å². The van der Waals surface area contributed by atoms with Gasteiger partial charge in [-0.05, 0) is 50.4 Å². The monoisotopic (exact) mass is 243 g/mol. The number of hydrogen-bond acceptors (Lipinski definition) is 3. The minimum atomic E-state index is 0.0133. The highest BCUT2D eigenvalue weighted by molar-refractivity contribution is 5.38. The van der Waals surface area contributed by atoms with Gasteiger partial charge in [0.1, 0.15) is 5.65 Å². The Morgan fingerprint density at radius 2 is 2.39 bits per heavy atom. The standard InChI is InChI=1S/C14H17N3O/c18-14-9-12(8-11-4-3-6-15-10-11)16-13-5-1-2-7-17(13)14/h1-2,5,7,9,11,15H,3-4,6,8,10H2. The predicted molar refractivity (Wildman–Crippen MR) is 70.8 cm³/mol. The van der Waals surface area contributed by atoms with Crippen LogP contribution in [0.15, 0.2) is 35.3 Å². The minimum Gasteiger partial charge on any atom is -0.316 e. The van der Waals surface area contributed by atoms with Crippen LogP contribution in [0.3, 0.4) is 0 Å². The summed E-state index contributed by atoms with van der Waals surface area (Å²) in [6.07, 6.45) is 5.10. The molecule has 3 heterocycles. The predicted octanol–water partition coefficient (Wildman–Crippen LogP) is 1.24. The molecule has 1 aliphatic heterocycles. The Morgan fingerprint density at radius 3 is 3.22 bits per heavy atom. The van der Waals surface area contributed by atoms with E-state index in [4.69, 9.17) is 0 Å². The Hall–Kier alpha value is -1.68. The summed E-state index contributed by atoms with van der Waals surface area (Å²) in [6.45, 7) is 2.15. The third-order valence-electron chi connectivity index (χ3n) is 3.52. The van der Waals surface area contributed by atoms with Crippen molar-refractivity contribution < 1.29 is 0 Å². The van der Waals surface area contributed by atoms with Gasteiger partial charge in [0.2, 0.25) is 0 Å². The zero-order chi connectivity index (χ0) is 12.4. The molecule has 2 aromatic rings. The van der Waals surface area contributed by atoms with Crippen molar-refractivity contribution in [3.8, 4) is 0 Å². The lowest BCUT2D eigenvalue weighted by Crippen LogP contribution is -2.31. The average molecular weight is 243 g/mol. The van der Waals surface area contributed by atoms with Crippen LogP contribution in [0.5, 0.6) is 0 Å². The number of hydrogen-bond donors (Lipinski definition) is 1. The van der Waals surface area contributed by atoms with Gasteiger partial charge in [-0.15, -0.1) is 0 Å². The van der Waals surface area contributed by atoms with Crippen LogP contribution in [0.2, 0.25) is 0 Å². The molecule has 1 fully saturated rings. The first kappa shape index (κ1) is 11.4. The van der Waals surface area contributed by atoms with Crippen molar-refractivity contribution in [2.45, 2.75) is 19.3 Å². The third kappa shape index (κ3) is 2.29. The summed E-state index contributed by atoms with van der Waals surface area (Å²) in [5.74, 6) is 0.608. The minimum absolute atomic E-state index is 0.0133. The first-order valence-electron chi connectivity index (χ1n) is 6.51. The normalized spacial score (nSPS) is 20.1. The lowest BCUT2D eigenvalue weighted by Gasteiger charge is -2.22. The summed E-state index contributed by atoms with van der Waals surface area (Å²) in [5.41, 5.74) is 1.67. The molecule has 0 aromatic carbocycles. The van der Waals surface area contributed by atoms with Crippen molar-refractivity contribution in [3.63, 3.8) is 0 Å². The van der Waals surface area contributed by atoms with Crippen LogP contribution in [-0.2, 0) is 6.42 Å². The topological polar surface area (TPSA) is 46.4 Å². The molecule has 0 spiro atoms. The molecule has 1 aliphatic rings. The molecule has 18 heavy (non-hydrogen) atoms. The number of pyridine rings is 1. The third-order valence-corrected chi connectivity index (χ3v) is 3.52. The van der Waals surface area contributed by atoms with Gasteiger partial charge in [0, 0.05) is 18.0 Å². The number of nitrogens with zero attached hydrogens (tertiary/aromatic N) is 2. The second-order valence-electron chi connectivity index (χ2n) is 4.93. The van der Waals surface area contributed by atoms with E-state index in [1.807, 2.05) is 18.2 Å². The molecule has 94 valence electrons. The average Bonchev–Trinajstić information content (AvgIpc) is 2.40. The van der Waals surface area contributed by atoms with E-state index in [0.29, 0.717) is 5.92 Å². The van der Waals surface area contributed by atoms with E-state index in [0.717, 1.165) is 30.9 Å². The van der Waals surface area contributed by atoms with E-state index in [-0.39, 0.29) is 5.56 Å². The number of rotatable bonds is 2. The number of piperidine rings is 1. The Bertz CT molecular complexity index is 599. The molecule has 1 atom stereocenters. The second kappa shape index (κ2) is 4.90. The molecular formula is C14H17N3O. The molecule has 1 N–H and O–H groups in total. The molecular weight excluding hydrogens is 226 g/mol. The van der Waals surface area contributed by atoms with Gasteiger partial charge in [-0.2, -0.15) is 0 Å². The lowest BCUT2D eigenvalue weighted by atomic mass is 9.94. The van der Waals surface area contributed by atoms with Gasteiger partial charge >= 0.3 is 0 Å². The van der Waals surface area contributed by atoms with E-state index < -0.39 is 0 Å². The molecule has 0 aliphatic carbocycles. The SMILES string of the molecule is O=c1cc(CC2CCCNC2)nc2ccccn12. The van der Waals surface area contributed by atoms with Crippen molar-refractivity contribution in [2.75, 3.05) is 13.1 Å². The van der Waals surface area contributed by atoms with Crippen LogP contribution in [0, 0.1) is 5.92 Å². The van der Waals surface area contributed by atoms with Gasteiger partial charge in [-0.25, -0.2) is 4.98 Å². The van der Waals surface area contributed by atoms with Gasteiger partial charge in [0.25, 0.3) is 5.56 Å². The van der Waals surface area contributed by atoms with Crippen LogP contribution in [0.25, 0.3) is 5.65 Å². The number of nitrogens with one attached hydrogen (secondary N) is 1. The Morgan fingerprint density at radius 1 is 1.44 bits per heavy atom. The Kier molecular flexibility index (Phi) is 3.11. The molecule has 2 aromatic heterocycles. The van der Waals surface area contributed by atoms with E-state index in [1.54, 1.807) is 16.7 Å². The van der Waals surface area contributed by atoms with Crippen molar-refractivity contribution in [1.29, 1.82) is 0 Å². The molecule has 0 radical (unpaired) electrons. The highest BCUT2D eigenvalue weighted by atomic mass is 16.1. The fourth-order valence-corrected chi connectivity index (χ4v) is 2.60. The van der Waals surface area contributed by atoms with Gasteiger partial charge < -0.3 is 5.32 Å². The fraction of sp³-hybridized carbons (Fsp3) is 0.429. The molecule has 0 saturated carbocycles. The van der Waals surface area contributed by atoms with Crippen molar-refractivity contribution in [2.24, 2.45) is 5.92 Å². The maximum atomic E-state index is 11.9. The first-order chi connectivity index (χ1) is 8.83. The van der Waals surface area contributed by atoms with Crippen LogP contribution >= 0.6 is 0 Å². The molecule has 1 unspecified atom stereocenters. The van der Waals surface area contributed by atoms with Crippen LogP contribution < -0.4 is 10.9 Å². The molecule has 3 rings (SSSR count). The maximum Gasteiger partial charge on any atom is 0.258 e. The highest BCUT2D eigenvalue weighted by Gasteiger charge is 2.14. The maximum absolute atomic E-state index is 11.9. The number of fused-ring (bicyclic) bond motifs is 1. The summed E-state index contributed by atoms with van der Waals surface area (Å²) in [5, 5.41) is 3.40. The Balaban J connectivity index is 1.90. The van der Waals surface area contributed by atoms with Crippen LogP contribution in [0.4, 0.5) is 0 Å². The van der Waals surface area contributed by atoms with Gasteiger partial charge in [-0.1, -0.05) is 6.07 Å². The molecule has 0 amide bonds. The van der Waals surface area contributed by atoms with Crippen LogP contribution in [0.1, 0.15) is 18.5 Å². The summed E-state index contributed by atoms with van der Waals surface area (Å²) in [7, 11) is 0. The molecule has 0 bridgehead atoms. The first-order valence-corrected chi connectivity index (χ1v) is 6.51. The zero-order valence-electron chi connectivity index (χ0n) is 10.3. The summed E-state index contributed by atoms with van der Waals surface area (Å²) < 4.78 is 1.59. The van der Waals surface area contributed by atoms with Crippen molar-refractivity contribution in [1.82, 2.24) is 14.7 Å². The molecule has 1 saturated heterocycles. The Labute approximate surface area is 106 Å². The fourth-order valence-electron chi connectivity index (χ4n) is 2.60. The lowest BCUT2D eigenvalue weighted by molar-refractivity contribution is 0.373. The number of aromatic nitrogens is 2. The molecule has 4 nitrogen and oxygen atoms in total. The zero-order valence-corrected chi connectivity index (χ0v) is 10.3. The highest BCUT2D eigenvalue weighted by Crippen LogP contribution is 2.14. The molecule has 4 heteroatoms. The summed E-state index contributed by atoms with van der Waals surface area (Å²) in [4.78, 5) is 16.5. The second-order valence-corrected chi connectivity index (χ2v) is 4.93. The summed E-state index contributed by atoms with van der Waals surface area (Å²) >= 11 is 0. The largest absolute Gasteiger partial charge is 0.316 e. The van der Waals surface area contributed by atoms with Crippen molar-refractivity contribution >= 4 is 5.65 Å². The van der Waals surface area contributed by atoms with Gasteiger partial charge in [-0.3, -0.25) is 9.20 Å². The van der Waals surface area contributed by atoms with E-state index in [9.17, 15) is 4.79 Å². The quantitative estimate of drug-likeness (QED) is 0.863. The smallest absolute Gasteiger partial charge is 0.258 e. The van der Waals surface area contributed by atoms with Crippen molar-refractivity contribution in [3.05, 3.63) is 46.5 Å². The van der Waals surface area contributed by atoms with E-state index in [2.05, 4.69) is 10.3 Å².